The number of nitrogen functional groups attached to an aromatic ring is 1. The number of rotatable bonds is 5. The van der Waals surface area contributed by atoms with Crippen molar-refractivity contribution in [1.29, 1.82) is 0 Å². The van der Waals surface area contributed by atoms with Crippen LogP contribution in [0, 0.1) is 12.7 Å². The maximum Gasteiger partial charge on any atom is 0.323 e. The number of aromatic nitrogens is 4. The summed E-state index contributed by atoms with van der Waals surface area (Å²) < 4.78 is 15.1. The van der Waals surface area contributed by atoms with Gasteiger partial charge in [0.15, 0.2) is 5.82 Å². The Hall–Kier alpha value is -5.45. The van der Waals surface area contributed by atoms with Crippen LogP contribution in [0.5, 0.6) is 0 Å². The molecule has 5 aromatic rings. The first kappa shape index (κ1) is 25.2. The highest BCUT2D eigenvalue weighted by atomic mass is 19.1. The fraction of sp³-hybridized carbons (Fsp3) is 0.0714. The van der Waals surface area contributed by atoms with Crippen LogP contribution in [0.3, 0.4) is 0 Å². The predicted octanol–water partition coefficient (Wildman–Crippen LogP) is 5.39. The predicted molar refractivity (Wildman–Crippen MR) is 148 cm³/mol. The Morgan fingerprint density at radius 3 is 2.10 bits per heavy atom. The van der Waals surface area contributed by atoms with Crippen LogP contribution in [0.1, 0.15) is 12.7 Å². The van der Waals surface area contributed by atoms with E-state index in [-0.39, 0.29) is 28.8 Å². The van der Waals surface area contributed by atoms with Gasteiger partial charge in [0.25, 0.3) is 0 Å². The number of hydrogen-bond donors (Lipinski definition) is 4. The molecule has 0 radical (unpaired) electrons. The quantitative estimate of drug-likeness (QED) is 0.242. The summed E-state index contributed by atoms with van der Waals surface area (Å²) in [7, 11) is 0. The van der Waals surface area contributed by atoms with Gasteiger partial charge in [-0.3, -0.25) is 4.79 Å². The van der Waals surface area contributed by atoms with Crippen molar-refractivity contribution in [3.63, 3.8) is 0 Å². The maximum absolute atomic E-state index is 15.1. The summed E-state index contributed by atoms with van der Waals surface area (Å²) in [5, 5.41) is 8.52. The van der Waals surface area contributed by atoms with Crippen molar-refractivity contribution < 1.29 is 14.0 Å². The van der Waals surface area contributed by atoms with E-state index < -0.39 is 11.8 Å². The van der Waals surface area contributed by atoms with Gasteiger partial charge in [-0.1, -0.05) is 6.07 Å². The van der Waals surface area contributed by atoms with Gasteiger partial charge in [-0.15, -0.1) is 0 Å². The summed E-state index contributed by atoms with van der Waals surface area (Å²) in [5.74, 6) is 0.168. The first-order valence-corrected chi connectivity index (χ1v) is 11.9. The third-order valence-electron chi connectivity index (χ3n) is 5.77. The lowest BCUT2D eigenvalue weighted by molar-refractivity contribution is -0.114. The molecular formula is C28H23FN8O2. The summed E-state index contributed by atoms with van der Waals surface area (Å²) in [6, 6.07) is 15.7. The van der Waals surface area contributed by atoms with Crippen LogP contribution in [-0.2, 0) is 4.79 Å². The SMILES string of the molecule is CC(=O)Nc1ccc(NC(=O)Nc2ccc(-c3nc(N)c4ccc(-c5cnc(C)nc5)cc4n3)c(F)c2)cc1. The third-order valence-corrected chi connectivity index (χ3v) is 5.77. The van der Waals surface area contributed by atoms with Gasteiger partial charge >= 0.3 is 6.03 Å². The number of hydrogen-bond acceptors (Lipinski definition) is 7. The lowest BCUT2D eigenvalue weighted by atomic mass is 10.1. The Labute approximate surface area is 222 Å². The van der Waals surface area contributed by atoms with Crippen LogP contribution < -0.4 is 21.7 Å². The molecule has 0 spiro atoms. The monoisotopic (exact) mass is 522 g/mol. The van der Waals surface area contributed by atoms with Crippen molar-refractivity contribution >= 4 is 45.7 Å². The normalized spacial score (nSPS) is 10.7. The van der Waals surface area contributed by atoms with Gasteiger partial charge in [0.05, 0.1) is 11.1 Å². The Balaban J connectivity index is 1.34. The van der Waals surface area contributed by atoms with Crippen molar-refractivity contribution in [1.82, 2.24) is 19.9 Å². The topological polar surface area (TPSA) is 148 Å². The maximum atomic E-state index is 15.1. The van der Waals surface area contributed by atoms with Gasteiger partial charge in [-0.2, -0.15) is 0 Å². The van der Waals surface area contributed by atoms with Crippen LogP contribution in [0.2, 0.25) is 0 Å². The molecule has 3 aromatic carbocycles. The number of nitrogens with one attached hydrogen (secondary N) is 3. The Morgan fingerprint density at radius 2 is 1.44 bits per heavy atom. The van der Waals surface area contributed by atoms with E-state index in [0.29, 0.717) is 28.1 Å². The number of carbonyl (C=O) groups is 2. The summed E-state index contributed by atoms with van der Waals surface area (Å²) in [6.07, 6.45) is 3.44. The van der Waals surface area contributed by atoms with Gasteiger partial charge < -0.3 is 21.7 Å². The summed E-state index contributed by atoms with van der Waals surface area (Å²) >= 11 is 0. The smallest absolute Gasteiger partial charge is 0.323 e. The second-order valence-electron chi connectivity index (χ2n) is 8.72. The number of fused-ring (bicyclic) bond motifs is 1. The van der Waals surface area contributed by atoms with E-state index in [1.54, 1.807) is 55.7 Å². The molecule has 194 valence electrons. The summed E-state index contributed by atoms with van der Waals surface area (Å²) in [6.45, 7) is 3.21. The minimum Gasteiger partial charge on any atom is -0.383 e. The standard InChI is InChI=1S/C28H23FN8O2/c1-15-31-13-18(14-32-15)17-3-9-23-25(11-17)36-27(37-26(23)30)22-10-8-21(12-24(22)29)35-28(39)34-20-6-4-19(5-7-20)33-16(2)38/h3-14H,1-2H3,(H,33,38)(H2,30,36,37)(H2,34,35,39). The number of carbonyl (C=O) groups excluding carboxylic acids is 2. The molecule has 0 fully saturated rings. The van der Waals surface area contributed by atoms with Crippen molar-refractivity contribution in [2.45, 2.75) is 13.8 Å². The largest absolute Gasteiger partial charge is 0.383 e. The highest BCUT2D eigenvalue weighted by Gasteiger charge is 2.14. The minimum absolute atomic E-state index is 0.116. The van der Waals surface area contributed by atoms with Crippen molar-refractivity contribution in [3.05, 3.63) is 84.7 Å². The zero-order valence-electron chi connectivity index (χ0n) is 21.0. The van der Waals surface area contributed by atoms with Gasteiger partial charge in [0.2, 0.25) is 5.91 Å². The number of amides is 3. The molecule has 11 heteroatoms. The Kier molecular flexibility index (Phi) is 6.79. The van der Waals surface area contributed by atoms with E-state index in [4.69, 9.17) is 5.73 Å². The molecule has 39 heavy (non-hydrogen) atoms. The molecule has 0 atom stereocenters. The molecule has 0 aliphatic heterocycles. The van der Waals surface area contributed by atoms with E-state index in [1.165, 1.54) is 19.1 Å². The molecule has 5 rings (SSSR count). The second-order valence-corrected chi connectivity index (χ2v) is 8.72. The molecule has 10 nitrogen and oxygen atoms in total. The van der Waals surface area contributed by atoms with Gasteiger partial charge in [-0.25, -0.2) is 29.1 Å². The molecule has 3 amide bonds. The lowest BCUT2D eigenvalue weighted by Crippen LogP contribution is -2.19. The van der Waals surface area contributed by atoms with Crippen molar-refractivity contribution in [2.24, 2.45) is 0 Å². The lowest BCUT2D eigenvalue weighted by Gasteiger charge is -2.11. The zero-order valence-corrected chi connectivity index (χ0v) is 21.0. The van der Waals surface area contributed by atoms with E-state index in [1.807, 2.05) is 12.1 Å². The van der Waals surface area contributed by atoms with Crippen LogP contribution >= 0.6 is 0 Å². The molecule has 0 saturated carbocycles. The van der Waals surface area contributed by atoms with E-state index >= 15 is 4.39 Å². The molecule has 0 aliphatic rings. The fourth-order valence-electron chi connectivity index (χ4n) is 3.90. The number of benzene rings is 3. The number of nitrogens with two attached hydrogens (primary N) is 1. The highest BCUT2D eigenvalue weighted by molar-refractivity contribution is 6.00. The van der Waals surface area contributed by atoms with Gasteiger partial charge in [0, 0.05) is 47.3 Å². The highest BCUT2D eigenvalue weighted by Crippen LogP contribution is 2.29. The molecule has 0 unspecified atom stereocenters. The average molecular weight is 523 g/mol. The first-order valence-electron chi connectivity index (χ1n) is 11.9. The summed E-state index contributed by atoms with van der Waals surface area (Å²) in [4.78, 5) is 40.8. The molecular weight excluding hydrogens is 499 g/mol. The number of aryl methyl sites for hydroxylation is 1. The minimum atomic E-state index is -0.630. The van der Waals surface area contributed by atoms with Crippen LogP contribution in [0.25, 0.3) is 33.4 Å². The van der Waals surface area contributed by atoms with Crippen LogP contribution in [0.15, 0.2) is 73.1 Å². The average Bonchev–Trinajstić information content (AvgIpc) is 2.89. The second kappa shape index (κ2) is 10.5. The third kappa shape index (κ3) is 5.77. The number of urea groups is 1. The van der Waals surface area contributed by atoms with Gasteiger partial charge in [-0.05, 0) is 67.1 Å². The molecule has 2 heterocycles. The van der Waals surface area contributed by atoms with E-state index in [0.717, 1.165) is 11.1 Å². The van der Waals surface area contributed by atoms with Gasteiger partial charge in [0.1, 0.15) is 17.5 Å². The van der Waals surface area contributed by atoms with E-state index in [9.17, 15) is 9.59 Å². The molecule has 5 N–H and O–H groups in total. The van der Waals surface area contributed by atoms with Crippen molar-refractivity contribution in [3.8, 4) is 22.5 Å². The molecule has 0 aliphatic carbocycles. The Morgan fingerprint density at radius 1 is 0.795 bits per heavy atom. The molecule has 2 aromatic heterocycles. The Bertz CT molecular complexity index is 1710. The number of anilines is 4. The molecule has 0 saturated heterocycles. The van der Waals surface area contributed by atoms with E-state index in [2.05, 4.69) is 35.9 Å². The van der Waals surface area contributed by atoms with Crippen molar-refractivity contribution in [2.75, 3.05) is 21.7 Å². The zero-order chi connectivity index (χ0) is 27.5. The molecule has 0 bridgehead atoms. The first-order chi connectivity index (χ1) is 18.7. The van der Waals surface area contributed by atoms with Crippen LogP contribution in [-0.4, -0.2) is 31.9 Å². The fourth-order valence-corrected chi connectivity index (χ4v) is 3.90. The van der Waals surface area contributed by atoms with Crippen LogP contribution in [0.4, 0.5) is 32.1 Å². The number of halogens is 1. The number of nitrogens with zero attached hydrogens (tertiary/aromatic N) is 4. The summed E-state index contributed by atoms with van der Waals surface area (Å²) in [5.41, 5.74) is 9.82.